The lowest BCUT2D eigenvalue weighted by atomic mass is 9.98. The largest absolute Gasteiger partial charge is 0.293 e. The third-order valence-electron chi connectivity index (χ3n) is 3.53. The van der Waals surface area contributed by atoms with Crippen molar-refractivity contribution in [3.63, 3.8) is 0 Å². The molecule has 1 heteroatoms. The molecule has 0 saturated carbocycles. The van der Waals surface area contributed by atoms with Crippen LogP contribution in [0.15, 0.2) is 23.8 Å². The molecule has 2 atom stereocenters. The lowest BCUT2D eigenvalue weighted by Crippen LogP contribution is -2.31. The van der Waals surface area contributed by atoms with Gasteiger partial charge in [-0.25, -0.2) is 0 Å². The van der Waals surface area contributed by atoms with E-state index in [0.29, 0.717) is 0 Å². The van der Waals surface area contributed by atoms with Gasteiger partial charge < -0.3 is 0 Å². The first-order valence-corrected chi connectivity index (χ1v) is 5.06. The molecule has 3 rings (SSSR count). The van der Waals surface area contributed by atoms with Gasteiger partial charge in [0.15, 0.2) is 0 Å². The van der Waals surface area contributed by atoms with E-state index in [1.54, 1.807) is 5.57 Å². The molecule has 0 aromatic heterocycles. The van der Waals surface area contributed by atoms with Crippen LogP contribution in [0.3, 0.4) is 0 Å². The highest BCUT2D eigenvalue weighted by Crippen LogP contribution is 2.38. The maximum Gasteiger partial charge on any atom is 0.0348 e. The van der Waals surface area contributed by atoms with Crippen molar-refractivity contribution < 1.29 is 0 Å². The molecule has 0 N–H and O–H groups in total. The van der Waals surface area contributed by atoms with E-state index in [1.165, 1.54) is 32.2 Å². The molecule has 2 unspecified atom stereocenters. The molecule has 0 aromatic carbocycles. The summed E-state index contributed by atoms with van der Waals surface area (Å²) in [6.07, 6.45) is 12.4. The fourth-order valence-electron chi connectivity index (χ4n) is 2.97. The van der Waals surface area contributed by atoms with Crippen LogP contribution in [-0.2, 0) is 0 Å². The van der Waals surface area contributed by atoms with Gasteiger partial charge >= 0.3 is 0 Å². The van der Waals surface area contributed by atoms with E-state index < -0.39 is 0 Å². The van der Waals surface area contributed by atoms with Crippen LogP contribution in [0.4, 0.5) is 0 Å². The molecule has 1 nitrogen and oxygen atoms in total. The van der Waals surface area contributed by atoms with Gasteiger partial charge in [-0.1, -0.05) is 23.8 Å². The quantitative estimate of drug-likeness (QED) is 0.526. The zero-order valence-electron chi connectivity index (χ0n) is 7.37. The van der Waals surface area contributed by atoms with Gasteiger partial charge in [0.2, 0.25) is 0 Å². The third kappa shape index (κ3) is 0.831. The van der Waals surface area contributed by atoms with E-state index in [4.69, 9.17) is 0 Å². The SMILES string of the molecule is C1=CCC2C(=C1)CC1CCCN12. The molecule has 0 amide bonds. The molecular weight excluding hydrogens is 146 g/mol. The second-order valence-corrected chi connectivity index (χ2v) is 4.16. The molecular formula is C11H15N. The van der Waals surface area contributed by atoms with Crippen molar-refractivity contribution in [3.05, 3.63) is 23.8 Å². The van der Waals surface area contributed by atoms with Gasteiger partial charge in [0.05, 0.1) is 0 Å². The van der Waals surface area contributed by atoms with Crippen molar-refractivity contribution in [2.75, 3.05) is 6.54 Å². The number of hydrogen-bond donors (Lipinski definition) is 0. The summed E-state index contributed by atoms with van der Waals surface area (Å²) in [5.41, 5.74) is 1.70. The Morgan fingerprint density at radius 3 is 3.42 bits per heavy atom. The van der Waals surface area contributed by atoms with Gasteiger partial charge in [0, 0.05) is 12.1 Å². The molecule has 2 heterocycles. The number of nitrogens with zero attached hydrogens (tertiary/aromatic N) is 1. The molecule has 0 spiro atoms. The van der Waals surface area contributed by atoms with Gasteiger partial charge in [0.25, 0.3) is 0 Å². The molecule has 1 aliphatic carbocycles. The lowest BCUT2D eigenvalue weighted by Gasteiger charge is -2.24. The van der Waals surface area contributed by atoms with Crippen molar-refractivity contribution in [1.82, 2.24) is 4.90 Å². The summed E-state index contributed by atoms with van der Waals surface area (Å²) in [6, 6.07) is 1.70. The van der Waals surface area contributed by atoms with Gasteiger partial charge in [-0.05, 0) is 32.2 Å². The molecule has 2 saturated heterocycles. The average molecular weight is 161 g/mol. The van der Waals surface area contributed by atoms with Crippen LogP contribution in [0.5, 0.6) is 0 Å². The molecule has 2 aliphatic heterocycles. The first-order chi connectivity index (χ1) is 5.95. The van der Waals surface area contributed by atoms with Crippen molar-refractivity contribution in [3.8, 4) is 0 Å². The summed E-state index contributed by atoms with van der Waals surface area (Å²) in [6.45, 7) is 1.35. The van der Waals surface area contributed by atoms with Crippen LogP contribution in [0.25, 0.3) is 0 Å². The number of rotatable bonds is 0. The van der Waals surface area contributed by atoms with E-state index in [0.717, 1.165) is 12.1 Å². The second kappa shape index (κ2) is 2.46. The third-order valence-corrected chi connectivity index (χ3v) is 3.53. The molecule has 12 heavy (non-hydrogen) atoms. The molecule has 2 fully saturated rings. The zero-order valence-corrected chi connectivity index (χ0v) is 7.37. The van der Waals surface area contributed by atoms with Gasteiger partial charge in [-0.2, -0.15) is 0 Å². The fraction of sp³-hybridized carbons (Fsp3) is 0.636. The van der Waals surface area contributed by atoms with E-state index in [2.05, 4.69) is 23.1 Å². The van der Waals surface area contributed by atoms with Gasteiger partial charge in [-0.3, -0.25) is 4.90 Å². The molecule has 0 bridgehead atoms. The highest BCUT2D eigenvalue weighted by molar-refractivity contribution is 5.29. The fourth-order valence-corrected chi connectivity index (χ4v) is 2.97. The Hall–Kier alpha value is -0.560. The minimum atomic E-state index is 0.794. The highest BCUT2D eigenvalue weighted by atomic mass is 15.2. The average Bonchev–Trinajstić information content (AvgIpc) is 2.62. The highest BCUT2D eigenvalue weighted by Gasteiger charge is 2.39. The standard InChI is InChI=1S/C11H15N/c1-2-6-11-9(4-1)8-10-5-3-7-12(10)11/h1-2,4,10-11H,3,5-8H2. The molecule has 0 radical (unpaired) electrons. The van der Waals surface area contributed by atoms with Crippen LogP contribution < -0.4 is 0 Å². The minimum Gasteiger partial charge on any atom is -0.293 e. The topological polar surface area (TPSA) is 3.24 Å². The van der Waals surface area contributed by atoms with Crippen LogP contribution in [0.1, 0.15) is 25.7 Å². The van der Waals surface area contributed by atoms with Crippen molar-refractivity contribution in [2.45, 2.75) is 37.8 Å². The number of allylic oxidation sites excluding steroid dienone is 2. The summed E-state index contributed by atoms with van der Waals surface area (Å²) >= 11 is 0. The molecule has 64 valence electrons. The summed E-state index contributed by atoms with van der Waals surface area (Å²) in [5, 5.41) is 0. The summed E-state index contributed by atoms with van der Waals surface area (Å²) in [5.74, 6) is 0. The Balaban J connectivity index is 1.91. The smallest absolute Gasteiger partial charge is 0.0348 e. The lowest BCUT2D eigenvalue weighted by molar-refractivity contribution is 0.256. The van der Waals surface area contributed by atoms with Gasteiger partial charge in [-0.15, -0.1) is 0 Å². The Morgan fingerprint density at radius 2 is 2.42 bits per heavy atom. The van der Waals surface area contributed by atoms with Crippen molar-refractivity contribution >= 4 is 0 Å². The maximum absolute atomic E-state index is 2.72. The normalized spacial score (nSPS) is 39.5. The second-order valence-electron chi connectivity index (χ2n) is 4.16. The van der Waals surface area contributed by atoms with E-state index in [9.17, 15) is 0 Å². The predicted molar refractivity (Wildman–Crippen MR) is 50.0 cm³/mol. The Labute approximate surface area is 73.8 Å². The molecule has 0 aromatic rings. The molecule has 3 aliphatic rings. The Bertz CT molecular complexity index is 252. The Morgan fingerprint density at radius 1 is 1.42 bits per heavy atom. The van der Waals surface area contributed by atoms with Gasteiger partial charge in [0.1, 0.15) is 0 Å². The van der Waals surface area contributed by atoms with Crippen molar-refractivity contribution in [1.29, 1.82) is 0 Å². The number of hydrogen-bond acceptors (Lipinski definition) is 1. The number of fused-ring (bicyclic) bond motifs is 3. The first-order valence-electron chi connectivity index (χ1n) is 5.06. The van der Waals surface area contributed by atoms with Crippen LogP contribution in [0.2, 0.25) is 0 Å². The van der Waals surface area contributed by atoms with Crippen molar-refractivity contribution in [2.24, 2.45) is 0 Å². The maximum atomic E-state index is 2.72. The summed E-state index contributed by atoms with van der Waals surface area (Å²) < 4.78 is 0. The Kier molecular flexibility index (Phi) is 1.42. The minimum absolute atomic E-state index is 0.794. The van der Waals surface area contributed by atoms with E-state index in [1.807, 2.05) is 0 Å². The monoisotopic (exact) mass is 161 g/mol. The van der Waals surface area contributed by atoms with Crippen LogP contribution >= 0.6 is 0 Å². The predicted octanol–water partition coefficient (Wildman–Crippen LogP) is 2.11. The van der Waals surface area contributed by atoms with E-state index in [-0.39, 0.29) is 0 Å². The zero-order chi connectivity index (χ0) is 7.97. The van der Waals surface area contributed by atoms with Crippen LogP contribution in [0, 0.1) is 0 Å². The summed E-state index contributed by atoms with van der Waals surface area (Å²) in [7, 11) is 0. The summed E-state index contributed by atoms with van der Waals surface area (Å²) in [4.78, 5) is 2.72. The first kappa shape index (κ1) is 6.90. The van der Waals surface area contributed by atoms with Crippen LogP contribution in [-0.4, -0.2) is 23.5 Å². The van der Waals surface area contributed by atoms with E-state index >= 15 is 0 Å².